The number of benzene rings is 1. The number of nitrogens with zero attached hydrogens (tertiary/aromatic N) is 3. The van der Waals surface area contributed by atoms with E-state index in [-0.39, 0.29) is 11.2 Å². The van der Waals surface area contributed by atoms with Crippen molar-refractivity contribution in [3.63, 3.8) is 0 Å². The fourth-order valence-electron chi connectivity index (χ4n) is 4.16. The van der Waals surface area contributed by atoms with Crippen LogP contribution >= 0.6 is 0 Å². The molecule has 0 atom stereocenters. The summed E-state index contributed by atoms with van der Waals surface area (Å²) in [5, 5.41) is 18.3. The Balaban J connectivity index is 1.89. The fourth-order valence-corrected chi connectivity index (χ4v) is 4.16. The zero-order valence-electron chi connectivity index (χ0n) is 19.8. The third-order valence-electron chi connectivity index (χ3n) is 5.86. The molecular formula is C28H30N4O. The zero-order chi connectivity index (χ0) is 23.8. The number of allylic oxidation sites excluding steroid dienone is 2. The lowest BCUT2D eigenvalue weighted by Crippen LogP contribution is -2.10. The molecule has 0 bridgehead atoms. The summed E-state index contributed by atoms with van der Waals surface area (Å²) in [6, 6.07) is 16.6. The summed E-state index contributed by atoms with van der Waals surface area (Å²) >= 11 is 0. The number of aliphatic hydroxyl groups is 1. The Kier molecular flexibility index (Phi) is 5.90. The van der Waals surface area contributed by atoms with Gasteiger partial charge in [0.25, 0.3) is 0 Å². The second-order valence-corrected chi connectivity index (χ2v) is 9.50. The first kappa shape index (κ1) is 22.5. The van der Waals surface area contributed by atoms with Crippen molar-refractivity contribution in [3.05, 3.63) is 89.7 Å². The molecule has 4 rings (SSSR count). The molecule has 0 unspecified atom stereocenters. The topological polar surface area (TPSA) is 74.8 Å². The predicted octanol–water partition coefficient (Wildman–Crippen LogP) is 6.77. The average molecular weight is 439 g/mol. The number of aliphatic hydroxyl groups excluding tert-OH is 1. The summed E-state index contributed by atoms with van der Waals surface area (Å²) in [5.74, 6) is 0.115. The maximum Gasteiger partial charge on any atom is 0.0988 e. The normalized spacial score (nSPS) is 12.6. The molecule has 5 nitrogen and oxygen atoms in total. The van der Waals surface area contributed by atoms with Gasteiger partial charge >= 0.3 is 0 Å². The molecule has 168 valence electrons. The van der Waals surface area contributed by atoms with Gasteiger partial charge < -0.3 is 15.1 Å². The molecule has 0 fully saturated rings. The standard InChI is InChI=1S/C28H30N4O/c1-18(29)26(19(2)33)21-14-25-27(31-15-21)24(17-32(25)16-23-8-6-7-13-30-23)20-9-11-22(12-10-20)28(3,4)5/h6-15,17,29,33H,16H2,1-5H3/b26-19+,29-18?. The number of pyridine rings is 2. The second kappa shape index (κ2) is 8.66. The van der Waals surface area contributed by atoms with Crippen LogP contribution in [-0.2, 0) is 12.0 Å². The Morgan fingerprint density at radius 3 is 2.33 bits per heavy atom. The summed E-state index contributed by atoms with van der Waals surface area (Å²) in [7, 11) is 0. The van der Waals surface area contributed by atoms with Crippen LogP contribution in [0.3, 0.4) is 0 Å². The first-order valence-corrected chi connectivity index (χ1v) is 11.1. The van der Waals surface area contributed by atoms with Crippen LogP contribution in [0.25, 0.3) is 27.7 Å². The summed E-state index contributed by atoms with van der Waals surface area (Å²) in [6.45, 7) is 10.5. The van der Waals surface area contributed by atoms with E-state index < -0.39 is 0 Å². The minimum absolute atomic E-state index is 0.0914. The third kappa shape index (κ3) is 4.58. The maximum atomic E-state index is 10.2. The molecule has 3 heterocycles. The van der Waals surface area contributed by atoms with Crippen molar-refractivity contribution in [2.45, 2.75) is 46.6 Å². The molecule has 5 heteroatoms. The predicted molar refractivity (Wildman–Crippen MR) is 136 cm³/mol. The van der Waals surface area contributed by atoms with Crippen LogP contribution in [-0.4, -0.2) is 25.4 Å². The van der Waals surface area contributed by atoms with Crippen molar-refractivity contribution in [2.24, 2.45) is 0 Å². The Morgan fingerprint density at radius 2 is 1.76 bits per heavy atom. The number of hydrogen-bond acceptors (Lipinski definition) is 4. The molecular weight excluding hydrogens is 408 g/mol. The Morgan fingerprint density at radius 1 is 1.03 bits per heavy atom. The minimum atomic E-state index is 0.0914. The highest BCUT2D eigenvalue weighted by molar-refractivity contribution is 6.22. The highest BCUT2D eigenvalue weighted by Crippen LogP contribution is 2.33. The monoisotopic (exact) mass is 438 g/mol. The van der Waals surface area contributed by atoms with Crippen LogP contribution in [0.5, 0.6) is 0 Å². The summed E-state index contributed by atoms with van der Waals surface area (Å²) in [5.41, 5.74) is 7.84. The number of fused-ring (bicyclic) bond motifs is 1. The molecule has 0 spiro atoms. The van der Waals surface area contributed by atoms with E-state index in [0.29, 0.717) is 17.8 Å². The molecule has 4 aromatic rings. The summed E-state index contributed by atoms with van der Waals surface area (Å²) in [4.78, 5) is 9.28. The van der Waals surface area contributed by atoms with Gasteiger partial charge in [0.2, 0.25) is 0 Å². The van der Waals surface area contributed by atoms with Crippen molar-refractivity contribution in [1.82, 2.24) is 14.5 Å². The lowest BCUT2D eigenvalue weighted by molar-refractivity contribution is 0.418. The lowest BCUT2D eigenvalue weighted by atomic mass is 9.86. The van der Waals surface area contributed by atoms with Crippen LogP contribution in [0, 0.1) is 5.41 Å². The van der Waals surface area contributed by atoms with Crippen molar-refractivity contribution < 1.29 is 5.11 Å². The van der Waals surface area contributed by atoms with Gasteiger partial charge in [0, 0.05) is 41.0 Å². The maximum absolute atomic E-state index is 10.2. The molecule has 3 aromatic heterocycles. The summed E-state index contributed by atoms with van der Waals surface area (Å²) in [6.07, 6.45) is 5.66. The third-order valence-corrected chi connectivity index (χ3v) is 5.86. The van der Waals surface area contributed by atoms with Gasteiger partial charge in [-0.2, -0.15) is 0 Å². The Hall–Kier alpha value is -3.73. The summed E-state index contributed by atoms with van der Waals surface area (Å²) < 4.78 is 2.14. The number of nitrogens with one attached hydrogen (secondary N) is 1. The van der Waals surface area contributed by atoms with Gasteiger partial charge in [-0.3, -0.25) is 9.97 Å². The van der Waals surface area contributed by atoms with Crippen LogP contribution in [0.4, 0.5) is 0 Å². The van der Waals surface area contributed by atoms with Crippen molar-refractivity contribution in [2.75, 3.05) is 0 Å². The quantitative estimate of drug-likeness (QED) is 0.267. The molecule has 0 aliphatic heterocycles. The number of rotatable bonds is 5. The van der Waals surface area contributed by atoms with E-state index in [2.05, 4.69) is 60.8 Å². The van der Waals surface area contributed by atoms with E-state index in [1.807, 2.05) is 24.3 Å². The fraction of sp³-hybridized carbons (Fsp3) is 0.250. The van der Waals surface area contributed by atoms with E-state index in [9.17, 15) is 5.11 Å². The number of aromatic nitrogens is 3. The van der Waals surface area contributed by atoms with Gasteiger partial charge in [0.1, 0.15) is 0 Å². The van der Waals surface area contributed by atoms with Crippen molar-refractivity contribution in [1.29, 1.82) is 5.41 Å². The molecule has 0 radical (unpaired) electrons. The molecule has 0 saturated heterocycles. The second-order valence-electron chi connectivity index (χ2n) is 9.50. The largest absolute Gasteiger partial charge is 0.512 e. The van der Waals surface area contributed by atoms with E-state index in [1.165, 1.54) is 5.56 Å². The molecule has 33 heavy (non-hydrogen) atoms. The molecule has 0 aliphatic rings. The van der Waals surface area contributed by atoms with Gasteiger partial charge in [0.15, 0.2) is 0 Å². The molecule has 1 aromatic carbocycles. The van der Waals surface area contributed by atoms with Crippen LogP contribution < -0.4 is 0 Å². The lowest BCUT2D eigenvalue weighted by Gasteiger charge is -2.19. The molecule has 0 amide bonds. The van der Waals surface area contributed by atoms with Gasteiger partial charge in [-0.15, -0.1) is 0 Å². The zero-order valence-corrected chi connectivity index (χ0v) is 19.8. The van der Waals surface area contributed by atoms with E-state index >= 15 is 0 Å². The van der Waals surface area contributed by atoms with Gasteiger partial charge in [0.05, 0.1) is 29.0 Å². The van der Waals surface area contributed by atoms with E-state index in [4.69, 9.17) is 10.4 Å². The van der Waals surface area contributed by atoms with Crippen LogP contribution in [0.2, 0.25) is 0 Å². The first-order valence-electron chi connectivity index (χ1n) is 11.1. The molecule has 2 N–H and O–H groups in total. The van der Waals surface area contributed by atoms with Crippen LogP contribution in [0.1, 0.15) is 51.4 Å². The highest BCUT2D eigenvalue weighted by Gasteiger charge is 2.18. The van der Waals surface area contributed by atoms with Gasteiger partial charge in [-0.1, -0.05) is 51.1 Å². The van der Waals surface area contributed by atoms with E-state index in [1.54, 1.807) is 26.2 Å². The molecule has 0 aliphatic carbocycles. The highest BCUT2D eigenvalue weighted by atomic mass is 16.3. The number of hydrogen-bond donors (Lipinski definition) is 2. The van der Waals surface area contributed by atoms with Crippen molar-refractivity contribution in [3.8, 4) is 11.1 Å². The van der Waals surface area contributed by atoms with Gasteiger partial charge in [-0.05, 0) is 48.6 Å². The SMILES string of the molecule is CC(=N)/C(=C(/C)O)c1cnc2c(-c3ccc(C(C)(C)C)cc3)cn(Cc3ccccn3)c2c1. The Labute approximate surface area is 195 Å². The van der Waals surface area contributed by atoms with Crippen LogP contribution in [0.15, 0.2) is 72.9 Å². The first-order chi connectivity index (χ1) is 15.6. The van der Waals surface area contributed by atoms with Gasteiger partial charge in [-0.25, -0.2) is 0 Å². The average Bonchev–Trinajstić information content (AvgIpc) is 3.11. The van der Waals surface area contributed by atoms with E-state index in [0.717, 1.165) is 33.4 Å². The molecule has 0 saturated carbocycles. The Bertz CT molecular complexity index is 1340. The minimum Gasteiger partial charge on any atom is -0.512 e. The van der Waals surface area contributed by atoms with Crippen molar-refractivity contribution >= 4 is 22.3 Å². The smallest absolute Gasteiger partial charge is 0.0988 e.